The summed E-state index contributed by atoms with van der Waals surface area (Å²) in [4.78, 5) is 19.8. The van der Waals surface area contributed by atoms with Crippen LogP contribution >= 0.6 is 0 Å². The highest BCUT2D eigenvalue weighted by molar-refractivity contribution is 5.15. The van der Waals surface area contributed by atoms with Crippen LogP contribution in [0.2, 0.25) is 0 Å². The highest BCUT2D eigenvalue weighted by Gasteiger charge is 2.14. The van der Waals surface area contributed by atoms with E-state index in [0.717, 1.165) is 37.4 Å². The highest BCUT2D eigenvalue weighted by Crippen LogP contribution is 2.06. The topological polar surface area (TPSA) is 146 Å². The molecule has 0 amide bonds. The van der Waals surface area contributed by atoms with E-state index in [4.69, 9.17) is 44.0 Å². The van der Waals surface area contributed by atoms with Crippen LogP contribution in [0, 0.1) is 5.92 Å². The summed E-state index contributed by atoms with van der Waals surface area (Å²) in [5.74, 6) is 0.152. The lowest BCUT2D eigenvalue weighted by molar-refractivity contribution is -0.266. The fourth-order valence-electron chi connectivity index (χ4n) is 2.85. The molecule has 0 aliphatic carbocycles. The van der Waals surface area contributed by atoms with Crippen LogP contribution in [0.3, 0.4) is 0 Å². The Hall–Kier alpha value is -3.06. The number of rotatable bonds is 28. The lowest BCUT2D eigenvalue weighted by atomic mass is 10.1. The normalized spacial score (nSPS) is 15.4. The summed E-state index contributed by atoms with van der Waals surface area (Å²) in [6.07, 6.45) is 20.2. The molecule has 240 valence electrons. The van der Waals surface area contributed by atoms with Crippen LogP contribution in [0.1, 0.15) is 46.0 Å². The van der Waals surface area contributed by atoms with Crippen molar-refractivity contribution in [1.82, 2.24) is 0 Å². The molecule has 4 unspecified atom stereocenters. The van der Waals surface area contributed by atoms with Crippen molar-refractivity contribution in [2.45, 2.75) is 64.3 Å². The molecule has 0 aliphatic heterocycles. The first kappa shape index (κ1) is 38.9. The van der Waals surface area contributed by atoms with Gasteiger partial charge in [-0.25, -0.2) is 0 Å². The third-order valence-corrected chi connectivity index (χ3v) is 5.15. The zero-order chi connectivity index (χ0) is 31.1. The van der Waals surface area contributed by atoms with Gasteiger partial charge in [0.05, 0.1) is 45.2 Å². The standard InChI is InChI=1S/C31H50O11/c1-4-5-12-27(2)14-19-39-41-23-29(34)21-36-25-31(38-18-10-8-6-7-9-16-32)26-37-22-30(35)24-42-40-20-15-28(3)13-11-17-33/h4-5,9-11,14-20,28-35H,2,6-8,12-13,21-26H2,1,3H3. The SMILES string of the molecule is C=C(C=COOCC(O)COCC(COCC(O)COOC=CC(C)CC=CO)OC=CCCCC=CO)CC=CC. The average Bonchev–Trinajstić information content (AvgIpc) is 2.97. The number of ether oxygens (including phenoxy) is 3. The predicted molar refractivity (Wildman–Crippen MR) is 160 cm³/mol. The summed E-state index contributed by atoms with van der Waals surface area (Å²) >= 11 is 0. The molecule has 11 heteroatoms. The molecule has 42 heavy (non-hydrogen) atoms. The summed E-state index contributed by atoms with van der Waals surface area (Å²) in [5, 5.41) is 37.5. The maximum atomic E-state index is 10.1. The van der Waals surface area contributed by atoms with Crippen molar-refractivity contribution in [3.8, 4) is 0 Å². The Morgan fingerprint density at radius 2 is 1.38 bits per heavy atom. The quantitative estimate of drug-likeness (QED) is 0.0228. The summed E-state index contributed by atoms with van der Waals surface area (Å²) in [6, 6.07) is 0. The van der Waals surface area contributed by atoms with Crippen LogP contribution in [-0.2, 0) is 33.8 Å². The molecule has 0 rings (SSSR count). The summed E-state index contributed by atoms with van der Waals surface area (Å²) in [7, 11) is 0. The van der Waals surface area contributed by atoms with Crippen molar-refractivity contribution >= 4 is 0 Å². The van der Waals surface area contributed by atoms with Gasteiger partial charge >= 0.3 is 0 Å². The van der Waals surface area contributed by atoms with Gasteiger partial charge in [0.25, 0.3) is 0 Å². The molecule has 0 saturated carbocycles. The minimum Gasteiger partial charge on any atom is -0.516 e. The predicted octanol–water partition coefficient (Wildman–Crippen LogP) is 5.43. The maximum absolute atomic E-state index is 10.1. The lowest BCUT2D eigenvalue weighted by Crippen LogP contribution is -2.30. The van der Waals surface area contributed by atoms with E-state index in [1.165, 1.54) is 12.5 Å². The molecule has 0 spiro atoms. The number of aliphatic hydroxyl groups excluding tert-OH is 4. The Balaban J connectivity index is 4.40. The van der Waals surface area contributed by atoms with Gasteiger partial charge in [-0.3, -0.25) is 0 Å². The van der Waals surface area contributed by atoms with Crippen LogP contribution in [0.15, 0.2) is 86.0 Å². The molecular weight excluding hydrogens is 548 g/mol. The van der Waals surface area contributed by atoms with Crippen molar-refractivity contribution in [2.24, 2.45) is 5.92 Å². The van der Waals surface area contributed by atoms with E-state index in [-0.39, 0.29) is 45.6 Å². The largest absolute Gasteiger partial charge is 0.516 e. The summed E-state index contributed by atoms with van der Waals surface area (Å²) in [6.45, 7) is 7.73. The van der Waals surface area contributed by atoms with Crippen LogP contribution in [-0.4, -0.2) is 78.4 Å². The number of hydrogen-bond acceptors (Lipinski definition) is 11. The molecule has 0 heterocycles. The third kappa shape index (κ3) is 27.1. The zero-order valence-electron chi connectivity index (χ0n) is 24.9. The van der Waals surface area contributed by atoms with E-state index >= 15 is 0 Å². The van der Waals surface area contributed by atoms with Crippen LogP contribution in [0.4, 0.5) is 0 Å². The first-order chi connectivity index (χ1) is 20.4. The molecule has 4 N–H and O–H groups in total. The Bertz CT molecular complexity index is 805. The molecule has 0 radical (unpaired) electrons. The maximum Gasteiger partial charge on any atom is 0.144 e. The second-order valence-electron chi connectivity index (χ2n) is 9.25. The second kappa shape index (κ2) is 29.4. The minimum absolute atomic E-state index is 0.0195. The van der Waals surface area contributed by atoms with Gasteiger partial charge in [0.1, 0.15) is 44.0 Å². The second-order valence-corrected chi connectivity index (χ2v) is 9.25. The third-order valence-electron chi connectivity index (χ3n) is 5.15. The minimum atomic E-state index is -0.932. The smallest absolute Gasteiger partial charge is 0.144 e. The van der Waals surface area contributed by atoms with Crippen molar-refractivity contribution < 1.29 is 54.2 Å². The van der Waals surface area contributed by atoms with Crippen molar-refractivity contribution in [3.63, 3.8) is 0 Å². The molecule has 11 nitrogen and oxygen atoms in total. The molecule has 0 aliphatic rings. The van der Waals surface area contributed by atoms with Crippen molar-refractivity contribution in [1.29, 1.82) is 0 Å². The van der Waals surface area contributed by atoms with Crippen LogP contribution in [0.25, 0.3) is 0 Å². The highest BCUT2D eigenvalue weighted by atomic mass is 17.2. The number of aliphatic hydroxyl groups is 4. The molecule has 0 fully saturated rings. The van der Waals surface area contributed by atoms with Gasteiger partial charge in [-0.1, -0.05) is 31.7 Å². The summed E-state index contributed by atoms with van der Waals surface area (Å²) in [5.41, 5.74) is 0.851. The Kier molecular flexibility index (Phi) is 27.3. The Morgan fingerprint density at radius 3 is 2.00 bits per heavy atom. The molecular formula is C31H50O11. The number of hydrogen-bond donors (Lipinski definition) is 4. The van der Waals surface area contributed by atoms with E-state index in [1.807, 2.05) is 32.1 Å². The number of allylic oxidation sites excluding steroid dienone is 8. The monoisotopic (exact) mass is 598 g/mol. The van der Waals surface area contributed by atoms with Crippen molar-refractivity contribution in [3.05, 3.63) is 86.0 Å². The van der Waals surface area contributed by atoms with Gasteiger partial charge in [0.2, 0.25) is 0 Å². The van der Waals surface area contributed by atoms with Gasteiger partial charge in [-0.15, -0.1) is 0 Å². The van der Waals surface area contributed by atoms with Gasteiger partial charge in [-0.2, -0.15) is 9.78 Å². The fraction of sp³-hybridized carbons (Fsp3) is 0.548. The first-order valence-electron chi connectivity index (χ1n) is 14.0. The molecule has 0 bridgehead atoms. The average molecular weight is 599 g/mol. The fourth-order valence-corrected chi connectivity index (χ4v) is 2.85. The van der Waals surface area contributed by atoms with Gasteiger partial charge in [-0.05, 0) is 74.8 Å². The molecule has 0 aromatic heterocycles. The molecule has 0 aromatic rings. The van der Waals surface area contributed by atoms with Crippen LogP contribution < -0.4 is 0 Å². The van der Waals surface area contributed by atoms with Crippen LogP contribution in [0.5, 0.6) is 0 Å². The van der Waals surface area contributed by atoms with E-state index in [1.54, 1.807) is 30.6 Å². The van der Waals surface area contributed by atoms with E-state index in [0.29, 0.717) is 12.8 Å². The molecule has 0 aromatic carbocycles. The van der Waals surface area contributed by atoms with E-state index < -0.39 is 18.3 Å². The Labute approximate surface area is 250 Å². The summed E-state index contributed by atoms with van der Waals surface area (Å²) < 4.78 is 16.8. The Morgan fingerprint density at radius 1 is 0.762 bits per heavy atom. The van der Waals surface area contributed by atoms with Gasteiger partial charge < -0.3 is 44.4 Å². The van der Waals surface area contributed by atoms with Crippen molar-refractivity contribution in [2.75, 3.05) is 39.6 Å². The van der Waals surface area contributed by atoms with Gasteiger partial charge in [0.15, 0.2) is 0 Å². The zero-order valence-corrected chi connectivity index (χ0v) is 24.9. The first-order valence-corrected chi connectivity index (χ1v) is 14.0. The van der Waals surface area contributed by atoms with E-state index in [2.05, 4.69) is 6.58 Å². The number of unbranched alkanes of at least 4 members (excludes halogenated alkanes) is 2. The molecule has 4 atom stereocenters. The van der Waals surface area contributed by atoms with E-state index in [9.17, 15) is 10.2 Å². The molecule has 0 saturated heterocycles. The van der Waals surface area contributed by atoms with Gasteiger partial charge in [0, 0.05) is 0 Å². The lowest BCUT2D eigenvalue weighted by Gasteiger charge is -2.19.